The third kappa shape index (κ3) is 2.43. The minimum Gasteiger partial charge on any atom is -0.310 e. The highest BCUT2D eigenvalue weighted by molar-refractivity contribution is 5.67. The maximum Gasteiger partial charge on any atom is 0.137 e. The Hall–Kier alpha value is -2.20. The number of fused-ring (bicyclic) bond motifs is 1. The summed E-state index contributed by atoms with van der Waals surface area (Å²) in [5.41, 5.74) is 3.88. The Morgan fingerprint density at radius 3 is 3.00 bits per heavy atom. The number of nitrogens with one attached hydrogen (secondary N) is 1. The number of imidazole rings is 1. The van der Waals surface area contributed by atoms with E-state index in [1.54, 1.807) is 12.3 Å². The third-order valence-electron chi connectivity index (χ3n) is 3.93. The van der Waals surface area contributed by atoms with Crippen LogP contribution in [0, 0.1) is 5.82 Å². The lowest BCUT2D eigenvalue weighted by Crippen LogP contribution is -2.16. The minimum atomic E-state index is -0.211. The molecule has 4 rings (SSSR count). The van der Waals surface area contributed by atoms with Gasteiger partial charge in [-0.25, -0.2) is 9.37 Å². The monoisotopic (exact) mass is 281 g/mol. The van der Waals surface area contributed by atoms with E-state index >= 15 is 0 Å². The highest BCUT2D eigenvalue weighted by Gasteiger charge is 2.21. The molecule has 2 heterocycles. The molecule has 0 aliphatic heterocycles. The minimum absolute atomic E-state index is 0.211. The molecule has 4 heteroatoms. The molecule has 1 N–H and O–H groups in total. The first kappa shape index (κ1) is 12.5. The molecule has 0 saturated heterocycles. The molecular weight excluding hydrogens is 265 g/mol. The number of pyridine rings is 1. The number of benzene rings is 1. The molecule has 1 aliphatic carbocycles. The number of rotatable bonds is 4. The van der Waals surface area contributed by atoms with Crippen molar-refractivity contribution in [1.29, 1.82) is 0 Å². The summed E-state index contributed by atoms with van der Waals surface area (Å²) in [4.78, 5) is 4.29. The average molecular weight is 281 g/mol. The first-order valence-corrected chi connectivity index (χ1v) is 7.25. The highest BCUT2D eigenvalue weighted by atomic mass is 19.1. The maximum atomic E-state index is 13.7. The van der Waals surface area contributed by atoms with Crippen LogP contribution in [0.1, 0.15) is 18.4 Å². The van der Waals surface area contributed by atoms with E-state index in [1.807, 2.05) is 34.9 Å². The largest absolute Gasteiger partial charge is 0.310 e. The van der Waals surface area contributed by atoms with Crippen LogP contribution < -0.4 is 5.32 Å². The number of aromatic nitrogens is 2. The Kier molecular flexibility index (Phi) is 2.97. The molecule has 0 unspecified atom stereocenters. The van der Waals surface area contributed by atoms with Crippen molar-refractivity contribution in [3.8, 4) is 11.3 Å². The molecule has 0 atom stereocenters. The van der Waals surface area contributed by atoms with E-state index in [-0.39, 0.29) is 5.82 Å². The summed E-state index contributed by atoms with van der Waals surface area (Å²) in [6.07, 6.45) is 6.16. The van der Waals surface area contributed by atoms with Crippen molar-refractivity contribution in [3.63, 3.8) is 0 Å². The molecule has 106 valence electrons. The van der Waals surface area contributed by atoms with Gasteiger partial charge in [0.15, 0.2) is 0 Å². The van der Waals surface area contributed by atoms with Gasteiger partial charge in [-0.15, -0.1) is 0 Å². The Labute approximate surface area is 122 Å². The molecule has 0 spiro atoms. The van der Waals surface area contributed by atoms with Gasteiger partial charge in [0.1, 0.15) is 11.5 Å². The highest BCUT2D eigenvalue weighted by Crippen LogP contribution is 2.27. The average Bonchev–Trinajstić information content (AvgIpc) is 3.20. The normalized spacial score (nSPS) is 14.7. The smallest absolute Gasteiger partial charge is 0.137 e. The van der Waals surface area contributed by atoms with Gasteiger partial charge in [-0.1, -0.05) is 12.1 Å². The summed E-state index contributed by atoms with van der Waals surface area (Å²) in [6, 6.07) is 11.6. The zero-order valence-electron chi connectivity index (χ0n) is 11.6. The van der Waals surface area contributed by atoms with Gasteiger partial charge in [0.2, 0.25) is 0 Å². The summed E-state index contributed by atoms with van der Waals surface area (Å²) < 4.78 is 15.7. The summed E-state index contributed by atoms with van der Waals surface area (Å²) in [5.74, 6) is -0.211. The fourth-order valence-corrected chi connectivity index (χ4v) is 2.65. The van der Waals surface area contributed by atoms with Gasteiger partial charge in [0.05, 0.1) is 5.69 Å². The first-order chi connectivity index (χ1) is 10.3. The number of halogens is 1. The van der Waals surface area contributed by atoms with Gasteiger partial charge in [0.25, 0.3) is 0 Å². The van der Waals surface area contributed by atoms with E-state index in [1.165, 1.54) is 18.9 Å². The maximum absolute atomic E-state index is 13.7. The van der Waals surface area contributed by atoms with Crippen molar-refractivity contribution in [2.45, 2.75) is 25.4 Å². The lowest BCUT2D eigenvalue weighted by atomic mass is 10.0. The van der Waals surface area contributed by atoms with Gasteiger partial charge in [-0.2, -0.15) is 0 Å². The van der Waals surface area contributed by atoms with Gasteiger partial charge in [-0.05, 0) is 42.7 Å². The second kappa shape index (κ2) is 4.97. The van der Waals surface area contributed by atoms with Crippen LogP contribution in [0.25, 0.3) is 16.9 Å². The Morgan fingerprint density at radius 2 is 2.14 bits per heavy atom. The van der Waals surface area contributed by atoms with E-state index in [9.17, 15) is 4.39 Å². The Bertz CT molecular complexity index is 790. The van der Waals surface area contributed by atoms with Crippen molar-refractivity contribution in [1.82, 2.24) is 14.7 Å². The van der Waals surface area contributed by atoms with Crippen molar-refractivity contribution < 1.29 is 4.39 Å². The number of hydrogen-bond acceptors (Lipinski definition) is 2. The number of nitrogens with zero attached hydrogens (tertiary/aromatic N) is 2. The summed E-state index contributed by atoms with van der Waals surface area (Å²) in [6.45, 7) is 0.769. The Morgan fingerprint density at radius 1 is 1.24 bits per heavy atom. The van der Waals surface area contributed by atoms with E-state index in [2.05, 4.69) is 10.3 Å². The summed E-state index contributed by atoms with van der Waals surface area (Å²) >= 11 is 0. The van der Waals surface area contributed by atoms with Crippen LogP contribution in [0.3, 0.4) is 0 Å². The molecule has 0 bridgehead atoms. The quantitative estimate of drug-likeness (QED) is 0.794. The van der Waals surface area contributed by atoms with E-state index < -0.39 is 0 Å². The van der Waals surface area contributed by atoms with E-state index in [4.69, 9.17) is 0 Å². The predicted molar refractivity (Wildman–Crippen MR) is 80.4 cm³/mol. The molecule has 3 aromatic rings. The first-order valence-electron chi connectivity index (χ1n) is 7.25. The molecule has 1 fully saturated rings. The second-order valence-electron chi connectivity index (χ2n) is 5.52. The molecule has 1 aromatic carbocycles. The zero-order valence-corrected chi connectivity index (χ0v) is 11.6. The fraction of sp³-hybridized carbons (Fsp3) is 0.235. The molecule has 3 nitrogen and oxygen atoms in total. The lowest BCUT2D eigenvalue weighted by Gasteiger charge is -2.12. The third-order valence-corrected chi connectivity index (χ3v) is 3.93. The second-order valence-corrected chi connectivity index (χ2v) is 5.52. The van der Waals surface area contributed by atoms with Gasteiger partial charge in [-0.3, -0.25) is 4.40 Å². The molecule has 0 amide bonds. The van der Waals surface area contributed by atoms with Crippen LogP contribution >= 0.6 is 0 Å². The SMILES string of the molecule is Fc1ccc(CNC2CC2)c(-c2cccc3nccn23)c1. The van der Waals surface area contributed by atoms with Gasteiger partial charge in [0, 0.05) is 30.5 Å². The molecule has 0 radical (unpaired) electrons. The molecule has 2 aromatic heterocycles. The molecule has 1 saturated carbocycles. The van der Waals surface area contributed by atoms with Crippen molar-refractivity contribution in [2.24, 2.45) is 0 Å². The molecular formula is C17H16FN3. The van der Waals surface area contributed by atoms with E-state index in [0.717, 1.165) is 29.0 Å². The summed E-state index contributed by atoms with van der Waals surface area (Å²) in [5, 5.41) is 3.50. The van der Waals surface area contributed by atoms with Crippen LogP contribution in [-0.4, -0.2) is 15.4 Å². The topological polar surface area (TPSA) is 29.3 Å². The van der Waals surface area contributed by atoms with Crippen molar-refractivity contribution >= 4 is 5.65 Å². The predicted octanol–water partition coefficient (Wildman–Crippen LogP) is 3.39. The van der Waals surface area contributed by atoms with Crippen LogP contribution in [0.15, 0.2) is 48.8 Å². The van der Waals surface area contributed by atoms with Crippen LogP contribution in [0.2, 0.25) is 0 Å². The number of hydrogen-bond donors (Lipinski definition) is 1. The molecule has 21 heavy (non-hydrogen) atoms. The Balaban J connectivity index is 1.81. The van der Waals surface area contributed by atoms with E-state index in [0.29, 0.717) is 6.04 Å². The molecule has 1 aliphatic rings. The van der Waals surface area contributed by atoms with Crippen LogP contribution in [-0.2, 0) is 6.54 Å². The van der Waals surface area contributed by atoms with Crippen LogP contribution in [0.5, 0.6) is 0 Å². The van der Waals surface area contributed by atoms with Crippen LogP contribution in [0.4, 0.5) is 4.39 Å². The standard InChI is InChI=1S/C17H16FN3/c18-13-5-4-12(11-20-14-6-7-14)15(10-13)16-2-1-3-17-19-8-9-21(16)17/h1-5,8-10,14,20H,6-7,11H2. The zero-order chi connectivity index (χ0) is 14.2. The fourth-order valence-electron chi connectivity index (χ4n) is 2.65. The summed E-state index contributed by atoms with van der Waals surface area (Å²) in [7, 11) is 0. The van der Waals surface area contributed by atoms with Gasteiger partial charge >= 0.3 is 0 Å². The van der Waals surface area contributed by atoms with Crippen molar-refractivity contribution in [2.75, 3.05) is 0 Å². The van der Waals surface area contributed by atoms with Crippen molar-refractivity contribution in [3.05, 3.63) is 60.2 Å². The van der Waals surface area contributed by atoms with Gasteiger partial charge < -0.3 is 5.32 Å². The lowest BCUT2D eigenvalue weighted by molar-refractivity contribution is 0.625.